The zero-order chi connectivity index (χ0) is 24.4. The van der Waals surface area contributed by atoms with Gasteiger partial charge in [-0.05, 0) is 67.6 Å². The molecular formula is C30H29N3O2. The van der Waals surface area contributed by atoms with Crippen LogP contribution in [0.3, 0.4) is 0 Å². The zero-order valence-corrected chi connectivity index (χ0v) is 20.2. The molecule has 1 aromatic heterocycles. The summed E-state index contributed by atoms with van der Waals surface area (Å²) in [4.78, 5) is 33.0. The lowest BCUT2D eigenvalue weighted by molar-refractivity contribution is 0.0792. The Labute approximate surface area is 205 Å². The zero-order valence-electron chi connectivity index (χ0n) is 20.2. The van der Waals surface area contributed by atoms with Gasteiger partial charge in [0.25, 0.3) is 11.8 Å². The number of nitrogens with one attached hydrogen (secondary N) is 1. The molecule has 0 saturated carbocycles. The summed E-state index contributed by atoms with van der Waals surface area (Å²) >= 11 is 0. The molecule has 1 aliphatic rings. The topological polar surface area (TPSA) is 62.3 Å². The molecule has 3 aromatic carbocycles. The molecule has 1 N–H and O–H groups in total. The average molecular weight is 464 g/mol. The van der Waals surface area contributed by atoms with Gasteiger partial charge in [-0.2, -0.15) is 0 Å². The van der Waals surface area contributed by atoms with Gasteiger partial charge in [0.2, 0.25) is 0 Å². The maximum Gasteiger partial charge on any atom is 0.256 e. The molecule has 5 nitrogen and oxygen atoms in total. The first-order valence-electron chi connectivity index (χ1n) is 12.2. The molecule has 0 radical (unpaired) electrons. The molecule has 2 amide bonds. The Kier molecular flexibility index (Phi) is 6.32. The number of aromatic nitrogens is 1. The number of nitrogens with zero attached hydrogens (tertiary/aromatic N) is 2. The third-order valence-electron chi connectivity index (χ3n) is 6.78. The minimum atomic E-state index is -0.189. The van der Waals surface area contributed by atoms with Gasteiger partial charge in [-0.1, -0.05) is 49.4 Å². The number of anilines is 1. The molecule has 1 fully saturated rings. The van der Waals surface area contributed by atoms with Gasteiger partial charge in [-0.3, -0.25) is 9.59 Å². The van der Waals surface area contributed by atoms with E-state index in [9.17, 15) is 9.59 Å². The van der Waals surface area contributed by atoms with Gasteiger partial charge in [0.15, 0.2) is 0 Å². The van der Waals surface area contributed by atoms with Crippen LogP contribution < -0.4 is 5.32 Å². The Morgan fingerprint density at radius 3 is 2.29 bits per heavy atom. The van der Waals surface area contributed by atoms with E-state index in [4.69, 9.17) is 4.98 Å². The third-order valence-corrected chi connectivity index (χ3v) is 6.78. The number of amides is 2. The number of rotatable bonds is 5. The van der Waals surface area contributed by atoms with Crippen molar-refractivity contribution in [1.29, 1.82) is 0 Å². The summed E-state index contributed by atoms with van der Waals surface area (Å²) in [6.07, 6.45) is 3.09. The summed E-state index contributed by atoms with van der Waals surface area (Å²) in [5.41, 5.74) is 6.59. The van der Waals surface area contributed by atoms with Crippen molar-refractivity contribution in [2.24, 2.45) is 0 Å². The standard InChI is InChI=1S/C30H29N3O2/c1-3-21-10-12-22(13-11-21)28-20(2)27(25-8-4-5-9-26(25)32-28)29(34)31-24-16-14-23(15-17-24)30(35)33-18-6-7-19-33/h4-5,8-17H,3,6-7,18-19H2,1-2H3,(H,31,34). The highest BCUT2D eigenvalue weighted by molar-refractivity contribution is 6.14. The maximum absolute atomic E-state index is 13.5. The van der Waals surface area contributed by atoms with Crippen molar-refractivity contribution < 1.29 is 9.59 Å². The minimum Gasteiger partial charge on any atom is -0.339 e. The number of fused-ring (bicyclic) bond motifs is 1. The number of carbonyl (C=O) groups is 2. The van der Waals surface area contributed by atoms with Gasteiger partial charge in [-0.25, -0.2) is 4.98 Å². The number of hydrogen-bond acceptors (Lipinski definition) is 3. The van der Waals surface area contributed by atoms with E-state index in [1.807, 2.05) is 36.1 Å². The van der Waals surface area contributed by atoms with Crippen LogP contribution in [0.15, 0.2) is 72.8 Å². The van der Waals surface area contributed by atoms with Gasteiger partial charge in [0.05, 0.1) is 16.8 Å². The van der Waals surface area contributed by atoms with E-state index in [0.717, 1.165) is 60.1 Å². The van der Waals surface area contributed by atoms with Crippen molar-refractivity contribution >= 4 is 28.4 Å². The Morgan fingerprint density at radius 1 is 0.914 bits per heavy atom. The minimum absolute atomic E-state index is 0.0510. The Morgan fingerprint density at radius 2 is 1.60 bits per heavy atom. The van der Waals surface area contributed by atoms with Crippen molar-refractivity contribution in [3.63, 3.8) is 0 Å². The predicted octanol–water partition coefficient (Wildman–Crippen LogP) is 6.26. The second-order valence-electron chi connectivity index (χ2n) is 9.06. The number of benzene rings is 3. The van der Waals surface area contributed by atoms with Crippen molar-refractivity contribution in [2.75, 3.05) is 18.4 Å². The summed E-state index contributed by atoms with van der Waals surface area (Å²) in [5.74, 6) is -0.138. The van der Waals surface area contributed by atoms with Crippen LogP contribution >= 0.6 is 0 Å². The Balaban J connectivity index is 1.47. The average Bonchev–Trinajstić information content (AvgIpc) is 3.43. The van der Waals surface area contributed by atoms with E-state index in [1.54, 1.807) is 24.3 Å². The second kappa shape index (κ2) is 9.71. The highest BCUT2D eigenvalue weighted by Gasteiger charge is 2.21. The monoisotopic (exact) mass is 463 g/mol. The smallest absolute Gasteiger partial charge is 0.256 e. The largest absolute Gasteiger partial charge is 0.339 e. The van der Waals surface area contributed by atoms with Crippen LogP contribution in [-0.2, 0) is 6.42 Å². The highest BCUT2D eigenvalue weighted by atomic mass is 16.2. The molecule has 35 heavy (non-hydrogen) atoms. The van der Waals surface area contributed by atoms with Gasteiger partial charge < -0.3 is 10.2 Å². The maximum atomic E-state index is 13.5. The lowest BCUT2D eigenvalue weighted by Crippen LogP contribution is -2.27. The van der Waals surface area contributed by atoms with Crippen molar-refractivity contribution in [3.8, 4) is 11.3 Å². The van der Waals surface area contributed by atoms with E-state index in [-0.39, 0.29) is 11.8 Å². The molecule has 1 aliphatic heterocycles. The van der Waals surface area contributed by atoms with E-state index >= 15 is 0 Å². The molecular weight excluding hydrogens is 434 g/mol. The Bertz CT molecular complexity index is 1390. The first-order valence-corrected chi connectivity index (χ1v) is 12.2. The van der Waals surface area contributed by atoms with E-state index in [0.29, 0.717) is 16.8 Å². The fraction of sp³-hybridized carbons (Fsp3) is 0.233. The second-order valence-corrected chi connectivity index (χ2v) is 9.06. The molecule has 0 aliphatic carbocycles. The van der Waals surface area contributed by atoms with Crippen LogP contribution in [-0.4, -0.2) is 34.8 Å². The normalized spacial score (nSPS) is 13.3. The van der Waals surface area contributed by atoms with E-state index in [2.05, 4.69) is 36.5 Å². The van der Waals surface area contributed by atoms with Gasteiger partial charge in [0.1, 0.15) is 0 Å². The Hall–Kier alpha value is -3.99. The molecule has 2 heterocycles. The molecule has 176 valence electrons. The molecule has 0 bridgehead atoms. The molecule has 0 spiro atoms. The number of aryl methyl sites for hydroxylation is 1. The van der Waals surface area contributed by atoms with Crippen LogP contribution in [0, 0.1) is 6.92 Å². The summed E-state index contributed by atoms with van der Waals surface area (Å²) in [6, 6.07) is 23.3. The molecule has 0 atom stereocenters. The fourth-order valence-electron chi connectivity index (χ4n) is 4.77. The summed E-state index contributed by atoms with van der Waals surface area (Å²) < 4.78 is 0. The lowest BCUT2D eigenvalue weighted by atomic mass is 9.96. The van der Waals surface area contributed by atoms with Crippen LogP contribution in [0.4, 0.5) is 5.69 Å². The number of pyridine rings is 1. The molecule has 5 rings (SSSR count). The van der Waals surface area contributed by atoms with Crippen molar-refractivity contribution in [1.82, 2.24) is 9.88 Å². The SMILES string of the molecule is CCc1ccc(-c2nc3ccccc3c(C(=O)Nc3ccc(C(=O)N4CCCC4)cc3)c2C)cc1. The van der Waals surface area contributed by atoms with Crippen molar-refractivity contribution in [3.05, 3.63) is 95.1 Å². The van der Waals surface area contributed by atoms with E-state index < -0.39 is 0 Å². The quantitative estimate of drug-likeness (QED) is 0.380. The summed E-state index contributed by atoms with van der Waals surface area (Å²) in [6.45, 7) is 5.71. The number of likely N-dealkylation sites (tertiary alicyclic amines) is 1. The predicted molar refractivity (Wildman–Crippen MR) is 141 cm³/mol. The number of carbonyl (C=O) groups excluding carboxylic acids is 2. The van der Waals surface area contributed by atoms with E-state index in [1.165, 1.54) is 5.56 Å². The molecule has 5 heteroatoms. The highest BCUT2D eigenvalue weighted by Crippen LogP contribution is 2.30. The van der Waals surface area contributed by atoms with Crippen LogP contribution in [0.5, 0.6) is 0 Å². The number of hydrogen-bond donors (Lipinski definition) is 1. The van der Waals surface area contributed by atoms with Crippen molar-refractivity contribution in [2.45, 2.75) is 33.1 Å². The molecule has 0 unspecified atom stereocenters. The molecule has 4 aromatic rings. The lowest BCUT2D eigenvalue weighted by Gasteiger charge is -2.16. The first kappa shape index (κ1) is 22.8. The molecule has 1 saturated heterocycles. The number of para-hydroxylation sites is 1. The third kappa shape index (κ3) is 4.54. The van der Waals surface area contributed by atoms with Gasteiger partial charge in [-0.15, -0.1) is 0 Å². The van der Waals surface area contributed by atoms with Crippen LogP contribution in [0.1, 0.15) is 51.6 Å². The first-order chi connectivity index (χ1) is 17.0. The summed E-state index contributed by atoms with van der Waals surface area (Å²) in [5, 5.41) is 3.85. The summed E-state index contributed by atoms with van der Waals surface area (Å²) in [7, 11) is 0. The fourth-order valence-corrected chi connectivity index (χ4v) is 4.77. The van der Waals surface area contributed by atoms with Crippen LogP contribution in [0.2, 0.25) is 0 Å². The van der Waals surface area contributed by atoms with Gasteiger partial charge >= 0.3 is 0 Å². The van der Waals surface area contributed by atoms with Crippen LogP contribution in [0.25, 0.3) is 22.2 Å². The van der Waals surface area contributed by atoms with Gasteiger partial charge in [0, 0.05) is 35.3 Å².